The zero-order valence-electron chi connectivity index (χ0n) is 8.53. The van der Waals surface area contributed by atoms with E-state index in [4.69, 9.17) is 10.8 Å². The standard InChI is InChI=1S/C13H12O2/c1-3-8-13(2,14)12-9-10-6-4-5-7-11(10)15-12/h1,4-7,9,14H,8H2,2H3. The number of aliphatic hydroxyl groups is 1. The number of fused-ring (bicyclic) bond motifs is 1. The van der Waals surface area contributed by atoms with Crippen LogP contribution in [0.25, 0.3) is 11.0 Å². The number of terminal acetylenes is 1. The summed E-state index contributed by atoms with van der Waals surface area (Å²) < 4.78 is 5.54. The monoisotopic (exact) mass is 200 g/mol. The molecule has 2 aromatic rings. The third-order valence-electron chi connectivity index (χ3n) is 2.40. The molecule has 0 aliphatic heterocycles. The molecule has 1 heterocycles. The topological polar surface area (TPSA) is 33.4 Å². The van der Waals surface area contributed by atoms with E-state index in [9.17, 15) is 5.11 Å². The van der Waals surface area contributed by atoms with Crippen LogP contribution in [0, 0.1) is 12.3 Å². The quantitative estimate of drug-likeness (QED) is 0.756. The van der Waals surface area contributed by atoms with Crippen molar-refractivity contribution in [2.75, 3.05) is 0 Å². The molecule has 0 saturated carbocycles. The fourth-order valence-corrected chi connectivity index (χ4v) is 1.53. The van der Waals surface area contributed by atoms with Gasteiger partial charge in [-0.15, -0.1) is 12.3 Å². The van der Waals surface area contributed by atoms with Gasteiger partial charge in [0, 0.05) is 11.8 Å². The fraction of sp³-hybridized carbons (Fsp3) is 0.231. The van der Waals surface area contributed by atoms with E-state index in [0.29, 0.717) is 5.76 Å². The van der Waals surface area contributed by atoms with Crippen LogP contribution in [0.4, 0.5) is 0 Å². The van der Waals surface area contributed by atoms with Crippen molar-refractivity contribution in [3.05, 3.63) is 36.1 Å². The first-order valence-electron chi connectivity index (χ1n) is 4.78. The normalized spacial score (nSPS) is 14.7. The molecule has 0 radical (unpaired) electrons. The third-order valence-corrected chi connectivity index (χ3v) is 2.40. The van der Waals surface area contributed by atoms with Crippen LogP contribution >= 0.6 is 0 Å². The second kappa shape index (κ2) is 3.45. The van der Waals surface area contributed by atoms with Gasteiger partial charge in [0.15, 0.2) is 0 Å². The second-order valence-electron chi connectivity index (χ2n) is 3.80. The minimum absolute atomic E-state index is 0.243. The van der Waals surface area contributed by atoms with E-state index in [-0.39, 0.29) is 6.42 Å². The van der Waals surface area contributed by atoms with Crippen molar-refractivity contribution in [2.45, 2.75) is 18.9 Å². The van der Waals surface area contributed by atoms with Crippen LogP contribution in [0.15, 0.2) is 34.7 Å². The van der Waals surface area contributed by atoms with E-state index >= 15 is 0 Å². The van der Waals surface area contributed by atoms with Crippen LogP contribution in [0.3, 0.4) is 0 Å². The van der Waals surface area contributed by atoms with Crippen molar-refractivity contribution >= 4 is 11.0 Å². The smallest absolute Gasteiger partial charge is 0.137 e. The third kappa shape index (κ3) is 1.74. The first-order chi connectivity index (χ1) is 7.13. The first-order valence-corrected chi connectivity index (χ1v) is 4.78. The maximum atomic E-state index is 10.1. The van der Waals surface area contributed by atoms with Crippen molar-refractivity contribution < 1.29 is 9.52 Å². The predicted octanol–water partition coefficient (Wildman–Crippen LogP) is 2.66. The number of para-hydroxylation sites is 1. The van der Waals surface area contributed by atoms with Crippen molar-refractivity contribution in [1.29, 1.82) is 0 Å². The molecule has 0 aliphatic carbocycles. The molecular weight excluding hydrogens is 188 g/mol. The average molecular weight is 200 g/mol. The second-order valence-corrected chi connectivity index (χ2v) is 3.80. The van der Waals surface area contributed by atoms with Gasteiger partial charge in [0.2, 0.25) is 0 Å². The van der Waals surface area contributed by atoms with Crippen LogP contribution < -0.4 is 0 Å². The minimum atomic E-state index is -1.09. The molecule has 2 heteroatoms. The molecule has 15 heavy (non-hydrogen) atoms. The van der Waals surface area contributed by atoms with Gasteiger partial charge in [-0.05, 0) is 19.1 Å². The highest BCUT2D eigenvalue weighted by atomic mass is 16.4. The molecule has 0 amide bonds. The van der Waals surface area contributed by atoms with E-state index in [0.717, 1.165) is 11.0 Å². The molecule has 76 valence electrons. The number of benzene rings is 1. The highest BCUT2D eigenvalue weighted by molar-refractivity contribution is 5.77. The Morgan fingerprint density at radius 3 is 2.87 bits per heavy atom. The van der Waals surface area contributed by atoms with Gasteiger partial charge in [-0.1, -0.05) is 18.2 Å². The van der Waals surface area contributed by atoms with Gasteiger partial charge in [-0.3, -0.25) is 0 Å². The van der Waals surface area contributed by atoms with Crippen LogP contribution in [-0.2, 0) is 5.60 Å². The van der Waals surface area contributed by atoms with Crippen LogP contribution in [-0.4, -0.2) is 5.11 Å². The molecule has 0 saturated heterocycles. The Hall–Kier alpha value is -1.72. The molecular formula is C13H12O2. The van der Waals surface area contributed by atoms with Crippen LogP contribution in [0.1, 0.15) is 19.1 Å². The Labute approximate surface area is 88.5 Å². The molecule has 0 fully saturated rings. The molecule has 0 bridgehead atoms. The Balaban J connectivity index is 2.50. The Bertz CT molecular complexity index is 482. The Kier molecular flexibility index (Phi) is 2.26. The number of rotatable bonds is 2. The summed E-state index contributed by atoms with van der Waals surface area (Å²) in [5, 5.41) is 11.0. The maximum absolute atomic E-state index is 10.1. The van der Waals surface area contributed by atoms with Crippen LogP contribution in [0.5, 0.6) is 0 Å². The summed E-state index contributed by atoms with van der Waals surface area (Å²) in [5.74, 6) is 2.96. The Morgan fingerprint density at radius 2 is 2.20 bits per heavy atom. The number of hydrogen-bond acceptors (Lipinski definition) is 2. The van der Waals surface area contributed by atoms with Gasteiger partial charge in [-0.25, -0.2) is 0 Å². The molecule has 1 unspecified atom stereocenters. The molecule has 1 N–H and O–H groups in total. The summed E-state index contributed by atoms with van der Waals surface area (Å²) in [6, 6.07) is 9.45. The number of hydrogen-bond donors (Lipinski definition) is 1. The summed E-state index contributed by atoms with van der Waals surface area (Å²) in [6.45, 7) is 1.66. The van der Waals surface area contributed by atoms with Crippen molar-refractivity contribution in [1.82, 2.24) is 0 Å². The van der Waals surface area contributed by atoms with Gasteiger partial charge < -0.3 is 9.52 Å². The molecule has 0 aliphatic rings. The van der Waals surface area contributed by atoms with E-state index in [1.165, 1.54) is 0 Å². The average Bonchev–Trinajstić information content (AvgIpc) is 2.61. The highest BCUT2D eigenvalue weighted by Crippen LogP contribution is 2.29. The minimum Gasteiger partial charge on any atom is -0.458 e. The molecule has 2 nitrogen and oxygen atoms in total. The lowest BCUT2D eigenvalue weighted by Gasteiger charge is -2.16. The zero-order valence-corrected chi connectivity index (χ0v) is 8.53. The Morgan fingerprint density at radius 1 is 1.47 bits per heavy atom. The number of furan rings is 1. The fourth-order valence-electron chi connectivity index (χ4n) is 1.53. The summed E-state index contributed by atoms with van der Waals surface area (Å²) in [5.41, 5.74) is -0.321. The van der Waals surface area contributed by atoms with E-state index in [1.54, 1.807) is 6.92 Å². The summed E-state index contributed by atoms with van der Waals surface area (Å²) in [7, 11) is 0. The largest absolute Gasteiger partial charge is 0.458 e. The molecule has 1 atom stereocenters. The van der Waals surface area contributed by atoms with Gasteiger partial charge in [0.1, 0.15) is 16.9 Å². The molecule has 2 rings (SSSR count). The van der Waals surface area contributed by atoms with E-state index in [1.807, 2.05) is 30.3 Å². The summed E-state index contributed by atoms with van der Waals surface area (Å²) in [4.78, 5) is 0. The lowest BCUT2D eigenvalue weighted by atomic mass is 10.00. The van der Waals surface area contributed by atoms with Gasteiger partial charge in [0.05, 0.1) is 0 Å². The van der Waals surface area contributed by atoms with E-state index < -0.39 is 5.60 Å². The van der Waals surface area contributed by atoms with E-state index in [2.05, 4.69) is 5.92 Å². The maximum Gasteiger partial charge on any atom is 0.137 e. The van der Waals surface area contributed by atoms with Gasteiger partial charge in [0.25, 0.3) is 0 Å². The van der Waals surface area contributed by atoms with Gasteiger partial charge >= 0.3 is 0 Å². The lowest BCUT2D eigenvalue weighted by molar-refractivity contribution is 0.0410. The van der Waals surface area contributed by atoms with Crippen molar-refractivity contribution in [2.24, 2.45) is 0 Å². The van der Waals surface area contributed by atoms with Crippen LogP contribution in [0.2, 0.25) is 0 Å². The summed E-state index contributed by atoms with van der Waals surface area (Å²) >= 11 is 0. The zero-order chi connectivity index (χ0) is 10.9. The highest BCUT2D eigenvalue weighted by Gasteiger charge is 2.26. The SMILES string of the molecule is C#CCC(C)(O)c1cc2ccccc2o1. The predicted molar refractivity (Wildman–Crippen MR) is 59.2 cm³/mol. The van der Waals surface area contributed by atoms with Crippen molar-refractivity contribution in [3.8, 4) is 12.3 Å². The molecule has 1 aromatic carbocycles. The summed E-state index contributed by atoms with van der Waals surface area (Å²) in [6.07, 6.45) is 5.44. The first kappa shape index (κ1) is 9.82. The van der Waals surface area contributed by atoms with Crippen molar-refractivity contribution in [3.63, 3.8) is 0 Å². The molecule has 0 spiro atoms. The lowest BCUT2D eigenvalue weighted by Crippen LogP contribution is -2.19. The van der Waals surface area contributed by atoms with Gasteiger partial charge in [-0.2, -0.15) is 0 Å². The molecule has 1 aromatic heterocycles.